The maximum atomic E-state index is 10.4. The Kier molecular flexibility index (Phi) is 3.15. The summed E-state index contributed by atoms with van der Waals surface area (Å²) in [5.41, 5.74) is 0. The summed E-state index contributed by atoms with van der Waals surface area (Å²) >= 11 is 0. The third-order valence-corrected chi connectivity index (χ3v) is 2.05. The third-order valence-electron chi connectivity index (χ3n) is 2.05. The van der Waals surface area contributed by atoms with Crippen molar-refractivity contribution in [2.24, 2.45) is 0 Å². The molecule has 0 aliphatic rings. The highest BCUT2D eigenvalue weighted by atomic mass is 16.6. The lowest BCUT2D eigenvalue weighted by molar-refractivity contribution is -0.401. The van der Waals surface area contributed by atoms with Crippen molar-refractivity contribution in [3.8, 4) is 11.7 Å². The van der Waals surface area contributed by atoms with E-state index in [-0.39, 0.29) is 17.5 Å². The molecule has 17 heavy (non-hydrogen) atoms. The monoisotopic (exact) mass is 238 g/mol. The summed E-state index contributed by atoms with van der Waals surface area (Å²) < 4.78 is 9.87. The second-order valence-electron chi connectivity index (χ2n) is 3.26. The van der Waals surface area contributed by atoms with Crippen molar-refractivity contribution in [1.82, 2.24) is 15.5 Å². The molecule has 90 valence electrons. The highest BCUT2D eigenvalue weighted by Gasteiger charge is 2.17. The van der Waals surface area contributed by atoms with Crippen LogP contribution in [0.25, 0.3) is 11.7 Å². The fourth-order valence-electron chi connectivity index (χ4n) is 1.23. The smallest absolute Gasteiger partial charge is 0.395 e. The maximum absolute atomic E-state index is 10.4. The predicted molar refractivity (Wildman–Crippen MR) is 56.3 cm³/mol. The molecule has 2 rings (SSSR count). The summed E-state index contributed by atoms with van der Waals surface area (Å²) in [5.74, 6) is 0.507. The van der Waals surface area contributed by atoms with Crippen LogP contribution in [0.5, 0.6) is 0 Å². The van der Waals surface area contributed by atoms with Crippen LogP contribution < -0.4 is 5.32 Å². The van der Waals surface area contributed by atoms with Gasteiger partial charge in [-0.3, -0.25) is 10.1 Å². The normalized spacial score (nSPS) is 10.6. The van der Waals surface area contributed by atoms with Gasteiger partial charge in [0.05, 0.1) is 6.07 Å². The SMILES string of the molecule is CNCCc1noc(-c2ccc([N+](=O)[O-])o2)n1. The van der Waals surface area contributed by atoms with Crippen molar-refractivity contribution < 1.29 is 13.9 Å². The van der Waals surface area contributed by atoms with Crippen molar-refractivity contribution in [2.75, 3.05) is 13.6 Å². The molecule has 2 aromatic rings. The van der Waals surface area contributed by atoms with Gasteiger partial charge in [-0.05, 0) is 13.1 Å². The average Bonchev–Trinajstić information content (AvgIpc) is 2.94. The van der Waals surface area contributed by atoms with Gasteiger partial charge in [0.15, 0.2) is 11.6 Å². The summed E-state index contributed by atoms with van der Waals surface area (Å²) in [6.07, 6.45) is 0.614. The molecule has 0 atom stereocenters. The highest BCUT2D eigenvalue weighted by molar-refractivity contribution is 5.46. The average molecular weight is 238 g/mol. The molecular formula is C9H10N4O4. The van der Waals surface area contributed by atoms with Crippen LogP contribution in [-0.4, -0.2) is 28.7 Å². The molecule has 0 aliphatic heterocycles. The van der Waals surface area contributed by atoms with Crippen molar-refractivity contribution in [1.29, 1.82) is 0 Å². The van der Waals surface area contributed by atoms with Gasteiger partial charge >= 0.3 is 5.88 Å². The molecule has 0 unspecified atom stereocenters. The van der Waals surface area contributed by atoms with Gasteiger partial charge in [-0.25, -0.2) is 0 Å². The molecule has 0 saturated heterocycles. The lowest BCUT2D eigenvalue weighted by atomic mass is 10.4. The number of nitrogens with one attached hydrogen (secondary N) is 1. The molecule has 0 radical (unpaired) electrons. The molecule has 0 amide bonds. The Morgan fingerprint density at radius 2 is 2.35 bits per heavy atom. The quantitative estimate of drug-likeness (QED) is 0.611. The minimum absolute atomic E-state index is 0.143. The summed E-state index contributed by atoms with van der Waals surface area (Å²) in [7, 11) is 1.82. The number of hydrogen-bond acceptors (Lipinski definition) is 7. The number of nitrogens with zero attached hydrogens (tertiary/aromatic N) is 3. The number of rotatable bonds is 5. The molecule has 1 N–H and O–H groups in total. The number of likely N-dealkylation sites (N-methyl/N-ethyl adjacent to an activating group) is 1. The van der Waals surface area contributed by atoms with Crippen LogP contribution in [0.4, 0.5) is 5.88 Å². The zero-order valence-corrected chi connectivity index (χ0v) is 9.04. The van der Waals surface area contributed by atoms with Crippen LogP contribution in [0.2, 0.25) is 0 Å². The van der Waals surface area contributed by atoms with E-state index in [1.54, 1.807) is 0 Å². The Hall–Kier alpha value is -2.22. The minimum Gasteiger partial charge on any atom is -0.395 e. The van der Waals surface area contributed by atoms with Crippen LogP contribution in [0.1, 0.15) is 5.82 Å². The molecule has 2 aromatic heterocycles. The molecule has 8 heteroatoms. The van der Waals surface area contributed by atoms with Crippen LogP contribution in [0, 0.1) is 10.1 Å². The fraction of sp³-hybridized carbons (Fsp3) is 0.333. The van der Waals surface area contributed by atoms with E-state index < -0.39 is 4.92 Å². The molecule has 0 aliphatic carbocycles. The summed E-state index contributed by atoms with van der Waals surface area (Å²) in [6, 6.07) is 2.67. The summed E-state index contributed by atoms with van der Waals surface area (Å²) in [5, 5.41) is 17.1. The Labute approximate surface area is 95.8 Å². The lowest BCUT2D eigenvalue weighted by Gasteiger charge is -1.90. The van der Waals surface area contributed by atoms with E-state index in [4.69, 9.17) is 8.94 Å². The van der Waals surface area contributed by atoms with Crippen molar-refractivity contribution in [2.45, 2.75) is 6.42 Å². The number of furan rings is 1. The van der Waals surface area contributed by atoms with Gasteiger partial charge in [-0.15, -0.1) is 0 Å². The first-order valence-electron chi connectivity index (χ1n) is 4.92. The Morgan fingerprint density at radius 1 is 1.53 bits per heavy atom. The second-order valence-corrected chi connectivity index (χ2v) is 3.26. The largest absolute Gasteiger partial charge is 0.433 e. The second kappa shape index (κ2) is 4.74. The molecule has 0 spiro atoms. The van der Waals surface area contributed by atoms with Gasteiger partial charge in [0.1, 0.15) is 4.92 Å². The molecule has 8 nitrogen and oxygen atoms in total. The lowest BCUT2D eigenvalue weighted by Crippen LogP contribution is -2.10. The van der Waals surface area contributed by atoms with E-state index in [2.05, 4.69) is 15.5 Å². The van der Waals surface area contributed by atoms with Crippen LogP contribution in [-0.2, 0) is 6.42 Å². The first-order valence-corrected chi connectivity index (χ1v) is 4.92. The number of aromatic nitrogens is 2. The van der Waals surface area contributed by atoms with Crippen molar-refractivity contribution in [3.05, 3.63) is 28.1 Å². The van der Waals surface area contributed by atoms with Crippen LogP contribution >= 0.6 is 0 Å². The first kappa shape index (κ1) is 11.3. The number of hydrogen-bond donors (Lipinski definition) is 1. The topological polar surface area (TPSA) is 107 Å². The van der Waals surface area contributed by atoms with E-state index in [1.165, 1.54) is 12.1 Å². The molecule has 0 saturated carbocycles. The predicted octanol–water partition coefficient (Wildman–Crippen LogP) is 1.000. The molecule has 2 heterocycles. The zero-order valence-electron chi connectivity index (χ0n) is 9.04. The van der Waals surface area contributed by atoms with Gasteiger partial charge in [0.2, 0.25) is 0 Å². The minimum atomic E-state index is -0.623. The fourth-order valence-corrected chi connectivity index (χ4v) is 1.23. The summed E-state index contributed by atoms with van der Waals surface area (Å²) in [6.45, 7) is 0.720. The van der Waals surface area contributed by atoms with E-state index in [9.17, 15) is 10.1 Å². The van der Waals surface area contributed by atoms with Crippen LogP contribution in [0.3, 0.4) is 0 Å². The third kappa shape index (κ3) is 2.48. The van der Waals surface area contributed by atoms with E-state index >= 15 is 0 Å². The highest BCUT2D eigenvalue weighted by Crippen LogP contribution is 2.24. The molecule has 0 fully saturated rings. The Morgan fingerprint density at radius 3 is 3.00 bits per heavy atom. The van der Waals surface area contributed by atoms with Gasteiger partial charge in [0.25, 0.3) is 5.89 Å². The van der Waals surface area contributed by atoms with E-state index in [1.807, 2.05) is 7.05 Å². The van der Waals surface area contributed by atoms with Crippen molar-refractivity contribution in [3.63, 3.8) is 0 Å². The zero-order chi connectivity index (χ0) is 12.3. The van der Waals surface area contributed by atoms with Crippen molar-refractivity contribution >= 4 is 5.88 Å². The van der Waals surface area contributed by atoms with E-state index in [0.29, 0.717) is 12.2 Å². The molecule has 0 bridgehead atoms. The van der Waals surface area contributed by atoms with Crippen LogP contribution in [0.15, 0.2) is 21.1 Å². The summed E-state index contributed by atoms with van der Waals surface area (Å²) in [4.78, 5) is 13.9. The Bertz CT molecular complexity index is 519. The first-order chi connectivity index (χ1) is 8.20. The molecular weight excluding hydrogens is 228 g/mol. The maximum Gasteiger partial charge on any atom is 0.433 e. The van der Waals surface area contributed by atoms with Gasteiger partial charge in [-0.1, -0.05) is 5.16 Å². The standard InChI is InChI=1S/C9H10N4O4/c1-10-5-4-7-11-9(17-12-7)6-2-3-8(16-6)13(14)15/h2-3,10H,4-5H2,1H3. The number of nitro groups is 1. The van der Waals surface area contributed by atoms with Gasteiger partial charge in [0, 0.05) is 13.0 Å². The molecule has 0 aromatic carbocycles. The Balaban J connectivity index is 2.15. The van der Waals surface area contributed by atoms with E-state index in [0.717, 1.165) is 6.54 Å². The van der Waals surface area contributed by atoms with Gasteiger partial charge < -0.3 is 14.3 Å². The van der Waals surface area contributed by atoms with Gasteiger partial charge in [-0.2, -0.15) is 4.98 Å².